The Bertz CT molecular complexity index is 951. The number of hydrazone groups is 1. The van der Waals surface area contributed by atoms with Gasteiger partial charge in [-0.05, 0) is 42.0 Å². The zero-order chi connectivity index (χ0) is 22.6. The molecule has 3 N–H and O–H groups in total. The zero-order valence-electron chi connectivity index (χ0n) is 16.5. The van der Waals surface area contributed by atoms with Gasteiger partial charge in [0.15, 0.2) is 6.61 Å². The predicted molar refractivity (Wildman–Crippen MR) is 118 cm³/mol. The summed E-state index contributed by atoms with van der Waals surface area (Å²) in [6, 6.07) is 11.5. The van der Waals surface area contributed by atoms with Gasteiger partial charge in [-0.2, -0.15) is 5.10 Å². The molecular formula is C20H20Cl2N4O5. The molecule has 11 heteroatoms. The number of hydrogen-bond donors (Lipinski definition) is 3. The molecule has 0 heterocycles. The van der Waals surface area contributed by atoms with E-state index >= 15 is 0 Å². The summed E-state index contributed by atoms with van der Waals surface area (Å²) in [5.74, 6) is -1.65. The van der Waals surface area contributed by atoms with Crippen molar-refractivity contribution in [2.45, 2.75) is 0 Å². The molecule has 0 spiro atoms. The molecule has 0 saturated heterocycles. The second-order valence-corrected chi connectivity index (χ2v) is 6.74. The number of methoxy groups -OCH3 is 1. The van der Waals surface area contributed by atoms with Crippen molar-refractivity contribution in [2.24, 2.45) is 5.10 Å². The normalized spacial score (nSPS) is 10.5. The van der Waals surface area contributed by atoms with E-state index in [1.165, 1.54) is 13.3 Å². The van der Waals surface area contributed by atoms with Crippen LogP contribution in [0.3, 0.4) is 0 Å². The van der Waals surface area contributed by atoms with E-state index in [0.717, 1.165) is 0 Å². The minimum absolute atomic E-state index is 0.220. The molecular weight excluding hydrogens is 447 g/mol. The number of ether oxygens (including phenoxy) is 2. The number of nitrogens with one attached hydrogen (secondary N) is 3. The van der Waals surface area contributed by atoms with Gasteiger partial charge in [0.05, 0.1) is 28.6 Å². The Morgan fingerprint density at radius 1 is 1.06 bits per heavy atom. The Hall–Kier alpha value is -3.14. The van der Waals surface area contributed by atoms with Gasteiger partial charge in [0, 0.05) is 13.7 Å². The molecule has 0 radical (unpaired) electrons. The predicted octanol–water partition coefficient (Wildman–Crippen LogP) is 2.22. The number of amides is 3. The fraction of sp³-hybridized carbons (Fsp3) is 0.200. The summed E-state index contributed by atoms with van der Waals surface area (Å²) in [5.41, 5.74) is 3.15. The van der Waals surface area contributed by atoms with Gasteiger partial charge < -0.3 is 20.1 Å². The Labute approximate surface area is 188 Å². The maximum absolute atomic E-state index is 12.0. The van der Waals surface area contributed by atoms with Crippen LogP contribution < -0.4 is 20.8 Å². The molecule has 0 bridgehead atoms. The van der Waals surface area contributed by atoms with Gasteiger partial charge in [0.25, 0.3) is 5.91 Å². The molecule has 0 atom stereocenters. The van der Waals surface area contributed by atoms with E-state index in [-0.39, 0.29) is 18.2 Å². The van der Waals surface area contributed by atoms with Gasteiger partial charge in [-0.3, -0.25) is 14.4 Å². The first-order chi connectivity index (χ1) is 14.9. The Kier molecular flexibility index (Phi) is 9.76. The van der Waals surface area contributed by atoms with Crippen LogP contribution in [-0.2, 0) is 19.1 Å². The van der Waals surface area contributed by atoms with Gasteiger partial charge in [-0.1, -0.05) is 29.3 Å². The first-order valence-corrected chi connectivity index (χ1v) is 9.73. The zero-order valence-corrected chi connectivity index (χ0v) is 18.0. The number of benzene rings is 2. The summed E-state index contributed by atoms with van der Waals surface area (Å²) < 4.78 is 10.2. The van der Waals surface area contributed by atoms with Crippen molar-refractivity contribution in [2.75, 3.05) is 32.2 Å². The number of rotatable bonds is 9. The van der Waals surface area contributed by atoms with E-state index in [1.807, 2.05) is 0 Å². The molecule has 0 aliphatic rings. The molecule has 0 saturated carbocycles. The highest BCUT2D eigenvalue weighted by molar-refractivity contribution is 6.44. The smallest absolute Gasteiger partial charge is 0.329 e. The number of nitrogens with zero attached hydrogens (tertiary/aromatic N) is 1. The average Bonchev–Trinajstić information content (AvgIpc) is 2.76. The highest BCUT2D eigenvalue weighted by atomic mass is 35.5. The quantitative estimate of drug-likeness (QED) is 0.226. The highest BCUT2D eigenvalue weighted by Crippen LogP contribution is 2.29. The van der Waals surface area contributed by atoms with Crippen LogP contribution in [-0.4, -0.2) is 50.8 Å². The lowest BCUT2D eigenvalue weighted by molar-refractivity contribution is -0.139. The van der Waals surface area contributed by atoms with Crippen molar-refractivity contribution in [3.05, 3.63) is 58.1 Å². The van der Waals surface area contributed by atoms with Gasteiger partial charge in [-0.25, -0.2) is 5.43 Å². The Balaban J connectivity index is 1.78. The monoisotopic (exact) mass is 466 g/mol. The third-order valence-corrected chi connectivity index (χ3v) is 4.47. The van der Waals surface area contributed by atoms with E-state index < -0.39 is 17.7 Å². The summed E-state index contributed by atoms with van der Waals surface area (Å²) in [6.45, 7) is 0.287. The van der Waals surface area contributed by atoms with Crippen LogP contribution in [0.1, 0.15) is 5.56 Å². The van der Waals surface area contributed by atoms with Crippen molar-refractivity contribution >= 4 is 52.8 Å². The number of hydrogen-bond acceptors (Lipinski definition) is 6. The van der Waals surface area contributed by atoms with Gasteiger partial charge in [0.1, 0.15) is 5.75 Å². The maximum atomic E-state index is 12.0. The fourth-order valence-electron chi connectivity index (χ4n) is 2.15. The minimum atomic E-state index is -0.891. The molecule has 0 aromatic heterocycles. The topological polar surface area (TPSA) is 118 Å². The lowest BCUT2D eigenvalue weighted by Gasteiger charge is -2.09. The minimum Gasteiger partial charge on any atom is -0.484 e. The molecule has 2 aromatic rings. The fourth-order valence-corrected chi connectivity index (χ4v) is 2.50. The van der Waals surface area contributed by atoms with Crippen LogP contribution >= 0.6 is 23.2 Å². The van der Waals surface area contributed by atoms with Gasteiger partial charge in [0.2, 0.25) is 0 Å². The molecule has 0 fully saturated rings. The van der Waals surface area contributed by atoms with Crippen molar-refractivity contribution < 1.29 is 23.9 Å². The van der Waals surface area contributed by atoms with Crippen LogP contribution in [0, 0.1) is 0 Å². The summed E-state index contributed by atoms with van der Waals surface area (Å²) in [5, 5.41) is 9.28. The van der Waals surface area contributed by atoms with Crippen molar-refractivity contribution in [3.63, 3.8) is 0 Å². The maximum Gasteiger partial charge on any atom is 0.329 e. The van der Waals surface area contributed by atoms with Crippen molar-refractivity contribution in [1.82, 2.24) is 10.7 Å². The lowest BCUT2D eigenvalue weighted by Crippen LogP contribution is -2.39. The van der Waals surface area contributed by atoms with Gasteiger partial charge >= 0.3 is 11.8 Å². The molecule has 0 aliphatic carbocycles. The standard InChI is InChI=1S/C20H20Cl2N4O5/c1-30-10-9-23-19(28)20(29)26-24-11-13-5-7-14(8-6-13)31-12-17(27)25-16-4-2-3-15(21)18(16)22/h2-8,11H,9-10,12H2,1H3,(H,23,28)(H,25,27)(H,26,29)/b24-11-. The summed E-state index contributed by atoms with van der Waals surface area (Å²) >= 11 is 11.9. The largest absolute Gasteiger partial charge is 0.484 e. The summed E-state index contributed by atoms with van der Waals surface area (Å²) in [7, 11) is 1.48. The third-order valence-electron chi connectivity index (χ3n) is 3.65. The molecule has 9 nitrogen and oxygen atoms in total. The number of halogens is 2. The SMILES string of the molecule is COCCNC(=O)C(=O)N/N=C\c1ccc(OCC(=O)Nc2cccc(Cl)c2Cl)cc1. The van der Waals surface area contributed by atoms with Crippen LogP contribution in [0.15, 0.2) is 47.6 Å². The molecule has 3 amide bonds. The van der Waals surface area contributed by atoms with Crippen molar-refractivity contribution in [1.29, 1.82) is 0 Å². The van der Waals surface area contributed by atoms with Crippen LogP contribution in [0.25, 0.3) is 0 Å². The summed E-state index contributed by atoms with van der Waals surface area (Å²) in [4.78, 5) is 35.0. The van der Waals surface area contributed by atoms with E-state index in [4.69, 9.17) is 32.7 Å². The highest BCUT2D eigenvalue weighted by Gasteiger charge is 2.11. The molecule has 2 aromatic carbocycles. The second-order valence-electron chi connectivity index (χ2n) is 5.96. The van der Waals surface area contributed by atoms with Crippen LogP contribution in [0.4, 0.5) is 5.69 Å². The van der Waals surface area contributed by atoms with E-state index in [0.29, 0.717) is 28.6 Å². The Morgan fingerprint density at radius 3 is 2.52 bits per heavy atom. The van der Waals surface area contributed by atoms with E-state index in [9.17, 15) is 14.4 Å². The first kappa shape index (κ1) is 24.1. The second kappa shape index (κ2) is 12.5. The van der Waals surface area contributed by atoms with E-state index in [1.54, 1.807) is 42.5 Å². The Morgan fingerprint density at radius 2 is 1.81 bits per heavy atom. The number of anilines is 1. The number of carbonyl (C=O) groups is 3. The molecule has 2 rings (SSSR count). The molecule has 164 valence electrons. The third kappa shape index (κ3) is 8.25. The van der Waals surface area contributed by atoms with E-state index in [2.05, 4.69) is 21.2 Å². The molecule has 31 heavy (non-hydrogen) atoms. The number of carbonyl (C=O) groups excluding carboxylic acids is 3. The lowest BCUT2D eigenvalue weighted by atomic mass is 10.2. The first-order valence-electron chi connectivity index (χ1n) is 8.97. The summed E-state index contributed by atoms with van der Waals surface area (Å²) in [6.07, 6.45) is 1.36. The molecule has 0 aliphatic heterocycles. The average molecular weight is 467 g/mol. The van der Waals surface area contributed by atoms with Crippen molar-refractivity contribution in [3.8, 4) is 5.75 Å². The van der Waals surface area contributed by atoms with Crippen LogP contribution in [0.2, 0.25) is 10.0 Å². The van der Waals surface area contributed by atoms with Crippen LogP contribution in [0.5, 0.6) is 5.75 Å². The molecule has 0 unspecified atom stereocenters. The van der Waals surface area contributed by atoms with Gasteiger partial charge in [-0.15, -0.1) is 0 Å².